The zero-order chi connectivity index (χ0) is 6.15. The van der Waals surface area contributed by atoms with E-state index in [-0.39, 0.29) is 23.5 Å². The second-order valence-corrected chi connectivity index (χ2v) is 2.07. The first-order valence-corrected chi connectivity index (χ1v) is 2.63. The number of amides is 1. The summed E-state index contributed by atoms with van der Waals surface area (Å²) in [5.74, 6) is -0.192. The Morgan fingerprint density at radius 3 is 2.44 bits per heavy atom. The van der Waals surface area contributed by atoms with Crippen LogP contribution in [0.5, 0.6) is 0 Å². The third kappa shape index (κ3) is 1.70. The van der Waals surface area contributed by atoms with Gasteiger partial charge in [0.1, 0.15) is 11.1 Å². The van der Waals surface area contributed by atoms with Gasteiger partial charge < -0.3 is 16.6 Å². The summed E-state index contributed by atoms with van der Waals surface area (Å²) < 4.78 is 0. The van der Waals surface area contributed by atoms with Gasteiger partial charge in [-0.05, 0) is 0 Å². The van der Waals surface area contributed by atoms with E-state index < -0.39 is 6.10 Å². The maximum absolute atomic E-state index is 10.3. The molecule has 1 rings (SSSR count). The summed E-state index contributed by atoms with van der Waals surface area (Å²) >= 11 is 4.54. The zero-order valence-electron chi connectivity index (χ0n) is 4.76. The number of thiocarbonyl (C=S) groups is 1. The molecule has 4 nitrogen and oxygen atoms in total. The van der Waals surface area contributed by atoms with Crippen LogP contribution in [-0.4, -0.2) is 22.1 Å². The van der Waals surface area contributed by atoms with Crippen LogP contribution in [0.3, 0.4) is 0 Å². The molecule has 0 saturated carbocycles. The van der Waals surface area contributed by atoms with Crippen LogP contribution in [0.2, 0.25) is 0 Å². The van der Waals surface area contributed by atoms with Crippen LogP contribution >= 0.6 is 12.2 Å². The molecule has 5 heteroatoms. The van der Waals surface area contributed by atoms with Crippen molar-refractivity contribution in [2.75, 3.05) is 0 Å². The molecule has 0 aliphatic carbocycles. The van der Waals surface area contributed by atoms with Gasteiger partial charge in [0.2, 0.25) is 5.91 Å². The Morgan fingerprint density at radius 1 is 1.78 bits per heavy atom. The third-order valence-corrected chi connectivity index (χ3v) is 1.32. The summed E-state index contributed by atoms with van der Waals surface area (Å²) in [6, 6.07) is 0. The number of hydrogen-bond acceptors (Lipinski definition) is 4. The molecule has 9 heavy (non-hydrogen) atoms. The molecule has 1 aliphatic rings. The SMILES string of the molecule is N.O=C1CC(O)C(=S)N1. The van der Waals surface area contributed by atoms with Crippen molar-refractivity contribution in [2.24, 2.45) is 0 Å². The highest BCUT2D eigenvalue weighted by molar-refractivity contribution is 7.80. The molecular formula is C4H8N2O2S. The van der Waals surface area contributed by atoms with E-state index in [2.05, 4.69) is 17.5 Å². The molecule has 5 N–H and O–H groups in total. The maximum Gasteiger partial charge on any atom is 0.227 e. The number of nitrogens with one attached hydrogen (secondary N) is 1. The number of carbonyl (C=O) groups is 1. The van der Waals surface area contributed by atoms with Gasteiger partial charge >= 0.3 is 0 Å². The average molecular weight is 148 g/mol. The third-order valence-electron chi connectivity index (χ3n) is 0.944. The molecule has 1 fully saturated rings. The van der Waals surface area contributed by atoms with Crippen molar-refractivity contribution in [3.05, 3.63) is 0 Å². The van der Waals surface area contributed by atoms with E-state index in [1.807, 2.05) is 0 Å². The van der Waals surface area contributed by atoms with Crippen molar-refractivity contribution in [1.29, 1.82) is 0 Å². The van der Waals surface area contributed by atoms with Crippen molar-refractivity contribution in [3.8, 4) is 0 Å². The molecule has 0 aromatic carbocycles. The van der Waals surface area contributed by atoms with Crippen molar-refractivity contribution >= 4 is 23.1 Å². The van der Waals surface area contributed by atoms with Gasteiger partial charge in [-0.15, -0.1) is 0 Å². The minimum Gasteiger partial charge on any atom is -0.385 e. The maximum atomic E-state index is 10.3. The van der Waals surface area contributed by atoms with Crippen LogP contribution < -0.4 is 11.5 Å². The summed E-state index contributed by atoms with van der Waals surface area (Å²) in [6.07, 6.45) is -0.615. The lowest BCUT2D eigenvalue weighted by atomic mass is 10.3. The fourth-order valence-electron chi connectivity index (χ4n) is 0.540. The zero-order valence-corrected chi connectivity index (χ0v) is 5.57. The summed E-state index contributed by atoms with van der Waals surface area (Å²) in [4.78, 5) is 10.6. The molecule has 1 unspecified atom stereocenters. The van der Waals surface area contributed by atoms with Crippen LogP contribution in [0.15, 0.2) is 0 Å². The lowest BCUT2D eigenvalue weighted by molar-refractivity contribution is -0.119. The number of hydrogen-bond donors (Lipinski definition) is 3. The quantitative estimate of drug-likeness (QED) is 0.399. The lowest BCUT2D eigenvalue weighted by Gasteiger charge is -1.92. The van der Waals surface area contributed by atoms with Crippen LogP contribution in [0.1, 0.15) is 6.42 Å². The normalized spacial score (nSPS) is 25.2. The smallest absolute Gasteiger partial charge is 0.227 e. The second kappa shape index (κ2) is 2.86. The molecule has 1 amide bonds. The van der Waals surface area contributed by atoms with Gasteiger partial charge in [-0.25, -0.2) is 0 Å². The molecule has 0 radical (unpaired) electrons. The Kier molecular flexibility index (Phi) is 2.69. The minimum absolute atomic E-state index is 0. The Morgan fingerprint density at radius 2 is 2.33 bits per heavy atom. The van der Waals surface area contributed by atoms with Gasteiger partial charge in [0.15, 0.2) is 0 Å². The monoisotopic (exact) mass is 148 g/mol. The van der Waals surface area contributed by atoms with Gasteiger partial charge in [0.05, 0.1) is 6.42 Å². The van der Waals surface area contributed by atoms with E-state index in [1.165, 1.54) is 0 Å². The van der Waals surface area contributed by atoms with Gasteiger partial charge in [-0.2, -0.15) is 0 Å². The van der Waals surface area contributed by atoms with Gasteiger partial charge in [0, 0.05) is 0 Å². The van der Waals surface area contributed by atoms with Crippen molar-refractivity contribution in [3.63, 3.8) is 0 Å². The first-order chi connectivity index (χ1) is 3.70. The predicted octanol–water partition coefficient (Wildman–Crippen LogP) is -0.643. The molecule has 1 aliphatic heterocycles. The Hall–Kier alpha value is -0.520. The predicted molar refractivity (Wildman–Crippen MR) is 36.4 cm³/mol. The van der Waals surface area contributed by atoms with Gasteiger partial charge in [0.25, 0.3) is 0 Å². The molecule has 0 aromatic heterocycles. The largest absolute Gasteiger partial charge is 0.385 e. The fraction of sp³-hybridized carbons (Fsp3) is 0.500. The minimum atomic E-state index is -0.738. The molecule has 52 valence electrons. The molecular weight excluding hydrogens is 140 g/mol. The van der Waals surface area contributed by atoms with Crippen molar-refractivity contribution in [1.82, 2.24) is 11.5 Å². The van der Waals surface area contributed by atoms with Crippen molar-refractivity contribution in [2.45, 2.75) is 12.5 Å². The Bertz CT molecular complexity index is 148. The summed E-state index contributed by atoms with van der Waals surface area (Å²) in [5, 5.41) is 11.1. The molecule has 0 bridgehead atoms. The average Bonchev–Trinajstić information content (AvgIpc) is 1.85. The number of carbonyl (C=O) groups excluding carboxylic acids is 1. The van der Waals surface area contributed by atoms with E-state index in [0.717, 1.165) is 0 Å². The standard InChI is InChI=1S/C4H5NO2S.H3N/c6-2-1-3(7)5-4(2)8;/h2,6H,1H2,(H,5,7,8);1H3. The van der Waals surface area contributed by atoms with Crippen molar-refractivity contribution < 1.29 is 9.90 Å². The summed E-state index contributed by atoms with van der Waals surface area (Å²) in [7, 11) is 0. The molecule has 1 saturated heterocycles. The number of rotatable bonds is 0. The van der Waals surface area contributed by atoms with Crippen LogP contribution in [0.25, 0.3) is 0 Å². The first kappa shape index (κ1) is 8.48. The summed E-state index contributed by atoms with van der Waals surface area (Å²) in [5.41, 5.74) is 0. The van der Waals surface area contributed by atoms with E-state index in [1.54, 1.807) is 0 Å². The fourth-order valence-corrected chi connectivity index (χ4v) is 0.737. The highest BCUT2D eigenvalue weighted by atomic mass is 32.1. The number of aliphatic hydroxyl groups is 1. The van der Waals surface area contributed by atoms with Crippen LogP contribution in [0, 0.1) is 0 Å². The Labute approximate surface area is 57.8 Å². The van der Waals surface area contributed by atoms with E-state index in [9.17, 15) is 4.79 Å². The molecule has 0 aromatic rings. The highest BCUT2D eigenvalue weighted by Gasteiger charge is 2.23. The summed E-state index contributed by atoms with van der Waals surface area (Å²) in [6.45, 7) is 0. The Balaban J connectivity index is 0.000000640. The van der Waals surface area contributed by atoms with Gasteiger partial charge in [-0.1, -0.05) is 12.2 Å². The second-order valence-electron chi connectivity index (χ2n) is 1.63. The van der Waals surface area contributed by atoms with Crippen LogP contribution in [-0.2, 0) is 4.79 Å². The molecule has 1 heterocycles. The highest BCUT2D eigenvalue weighted by Crippen LogP contribution is 2.00. The van der Waals surface area contributed by atoms with Crippen LogP contribution in [0.4, 0.5) is 0 Å². The van der Waals surface area contributed by atoms with E-state index >= 15 is 0 Å². The molecule has 0 spiro atoms. The molecule has 1 atom stereocenters. The topological polar surface area (TPSA) is 84.3 Å². The van der Waals surface area contributed by atoms with Gasteiger partial charge in [-0.3, -0.25) is 4.79 Å². The number of aliphatic hydroxyl groups excluding tert-OH is 1. The van der Waals surface area contributed by atoms with E-state index in [4.69, 9.17) is 5.11 Å². The first-order valence-electron chi connectivity index (χ1n) is 2.22. The van der Waals surface area contributed by atoms with E-state index in [0.29, 0.717) is 0 Å². The lowest BCUT2D eigenvalue weighted by Crippen LogP contribution is -2.21.